The van der Waals surface area contributed by atoms with Crippen LogP contribution < -0.4 is 14.4 Å². The molecule has 0 aliphatic heterocycles. The second-order valence-corrected chi connectivity index (χ2v) is 9.75. The zero-order chi connectivity index (χ0) is 22.3. The van der Waals surface area contributed by atoms with Gasteiger partial charge in [-0.15, -0.1) is 11.8 Å². The van der Waals surface area contributed by atoms with E-state index in [-0.39, 0.29) is 10.8 Å². The van der Waals surface area contributed by atoms with Crippen LogP contribution in [-0.2, 0) is 10.0 Å². The van der Waals surface area contributed by atoms with Gasteiger partial charge >= 0.3 is 0 Å². The van der Waals surface area contributed by atoms with Crippen molar-refractivity contribution in [1.82, 2.24) is 5.32 Å². The number of hydrogen-bond donors (Lipinski definition) is 1. The van der Waals surface area contributed by atoms with Gasteiger partial charge in [0.15, 0.2) is 0 Å². The molecule has 0 spiro atoms. The van der Waals surface area contributed by atoms with E-state index in [0.717, 1.165) is 10.6 Å². The average Bonchev–Trinajstić information content (AvgIpc) is 2.82. The number of carbonyl (C=O) groups is 1. The SMILES string of the molecule is COc1ccc(S(=O)(=O)N(C)c2ccc(C(=O)NCCSc3ccccc3)cc2)cc1. The molecule has 6 nitrogen and oxygen atoms in total. The maximum atomic E-state index is 12.8. The number of nitrogens with one attached hydrogen (secondary N) is 1. The molecule has 0 atom stereocenters. The Labute approximate surface area is 187 Å². The summed E-state index contributed by atoms with van der Waals surface area (Å²) in [4.78, 5) is 13.7. The number of ether oxygens (including phenoxy) is 1. The van der Waals surface area contributed by atoms with E-state index in [0.29, 0.717) is 23.5 Å². The first-order chi connectivity index (χ1) is 14.9. The highest BCUT2D eigenvalue weighted by Gasteiger charge is 2.21. The first-order valence-electron chi connectivity index (χ1n) is 9.61. The van der Waals surface area contributed by atoms with E-state index in [9.17, 15) is 13.2 Å². The summed E-state index contributed by atoms with van der Waals surface area (Å²) in [5.41, 5.74) is 0.940. The summed E-state index contributed by atoms with van der Waals surface area (Å²) in [5.74, 6) is 1.15. The molecule has 0 aliphatic rings. The predicted molar refractivity (Wildman–Crippen MR) is 125 cm³/mol. The zero-order valence-corrected chi connectivity index (χ0v) is 18.9. The van der Waals surface area contributed by atoms with Crippen molar-refractivity contribution in [2.75, 3.05) is 30.8 Å². The number of anilines is 1. The Morgan fingerprint density at radius 1 is 0.968 bits per heavy atom. The molecule has 3 aromatic rings. The van der Waals surface area contributed by atoms with Gasteiger partial charge in [0.05, 0.1) is 17.7 Å². The van der Waals surface area contributed by atoms with E-state index in [1.807, 2.05) is 30.3 Å². The maximum Gasteiger partial charge on any atom is 0.264 e. The van der Waals surface area contributed by atoms with Crippen molar-refractivity contribution < 1.29 is 17.9 Å². The molecular weight excluding hydrogens is 432 g/mol. The summed E-state index contributed by atoms with van der Waals surface area (Å²) in [6.45, 7) is 0.534. The van der Waals surface area contributed by atoms with Crippen molar-refractivity contribution in [3.05, 3.63) is 84.4 Å². The number of benzene rings is 3. The van der Waals surface area contributed by atoms with Crippen molar-refractivity contribution >= 4 is 33.4 Å². The Morgan fingerprint density at radius 3 is 2.23 bits per heavy atom. The Morgan fingerprint density at radius 2 is 1.61 bits per heavy atom. The van der Waals surface area contributed by atoms with E-state index >= 15 is 0 Å². The summed E-state index contributed by atoms with van der Waals surface area (Å²) in [5, 5.41) is 2.88. The number of thioether (sulfide) groups is 1. The third kappa shape index (κ3) is 5.80. The predicted octanol–water partition coefficient (Wildman–Crippen LogP) is 4.04. The molecule has 162 valence electrons. The Bertz CT molecular complexity index is 1100. The summed E-state index contributed by atoms with van der Waals surface area (Å²) in [6, 6.07) is 22.7. The Balaban J connectivity index is 1.58. The first-order valence-corrected chi connectivity index (χ1v) is 12.0. The number of nitrogens with zero attached hydrogens (tertiary/aromatic N) is 1. The molecule has 8 heteroatoms. The lowest BCUT2D eigenvalue weighted by Gasteiger charge is -2.20. The van der Waals surface area contributed by atoms with Crippen LogP contribution in [0.4, 0.5) is 5.69 Å². The van der Waals surface area contributed by atoms with Crippen LogP contribution in [0.1, 0.15) is 10.4 Å². The van der Waals surface area contributed by atoms with Gasteiger partial charge in [0.1, 0.15) is 5.75 Å². The number of rotatable bonds is 9. The topological polar surface area (TPSA) is 75.7 Å². The molecule has 0 bridgehead atoms. The molecule has 3 rings (SSSR count). The lowest BCUT2D eigenvalue weighted by molar-refractivity contribution is 0.0956. The second kappa shape index (κ2) is 10.4. The molecule has 0 saturated carbocycles. The fourth-order valence-corrected chi connectivity index (χ4v) is 4.80. The van der Waals surface area contributed by atoms with Crippen LogP contribution in [0.2, 0.25) is 0 Å². The molecule has 1 amide bonds. The van der Waals surface area contributed by atoms with Gasteiger partial charge < -0.3 is 10.1 Å². The second-order valence-electron chi connectivity index (χ2n) is 6.61. The van der Waals surface area contributed by atoms with Crippen LogP contribution >= 0.6 is 11.8 Å². The van der Waals surface area contributed by atoms with Gasteiger partial charge in [0, 0.05) is 29.8 Å². The minimum atomic E-state index is -3.72. The first kappa shape index (κ1) is 22.7. The normalized spacial score (nSPS) is 11.0. The minimum Gasteiger partial charge on any atom is -0.497 e. The molecule has 0 aromatic heterocycles. The molecular formula is C23H24N2O4S2. The molecule has 0 unspecified atom stereocenters. The van der Waals surface area contributed by atoms with E-state index in [2.05, 4.69) is 5.32 Å². The quantitative estimate of drug-likeness (QED) is 0.388. The van der Waals surface area contributed by atoms with Crippen LogP contribution in [0.5, 0.6) is 5.75 Å². The van der Waals surface area contributed by atoms with Gasteiger partial charge in [-0.2, -0.15) is 0 Å². The average molecular weight is 457 g/mol. The summed E-state index contributed by atoms with van der Waals surface area (Å²) in [6.07, 6.45) is 0. The standard InChI is InChI=1S/C23H24N2O4S2/c1-25(31(27,28)22-14-12-20(29-2)13-15-22)19-10-8-18(9-11-19)23(26)24-16-17-30-21-6-4-3-5-7-21/h3-15H,16-17H2,1-2H3,(H,24,26). The molecule has 0 heterocycles. The summed E-state index contributed by atoms with van der Waals surface area (Å²) < 4.78 is 32.0. The molecule has 0 fully saturated rings. The van der Waals surface area contributed by atoms with Gasteiger partial charge in [0.25, 0.3) is 15.9 Å². The van der Waals surface area contributed by atoms with Gasteiger partial charge in [0.2, 0.25) is 0 Å². The number of sulfonamides is 1. The van der Waals surface area contributed by atoms with E-state index in [1.54, 1.807) is 48.2 Å². The molecule has 3 aromatic carbocycles. The van der Waals surface area contributed by atoms with Crippen molar-refractivity contribution in [1.29, 1.82) is 0 Å². The van der Waals surface area contributed by atoms with E-state index < -0.39 is 10.0 Å². The van der Waals surface area contributed by atoms with Crippen LogP contribution in [0.15, 0.2) is 88.7 Å². The fourth-order valence-electron chi connectivity index (χ4n) is 2.82. The third-order valence-corrected chi connectivity index (χ3v) is 7.42. The smallest absolute Gasteiger partial charge is 0.264 e. The van der Waals surface area contributed by atoms with Crippen LogP contribution in [0, 0.1) is 0 Å². The molecule has 31 heavy (non-hydrogen) atoms. The molecule has 0 radical (unpaired) electrons. The third-order valence-electron chi connectivity index (χ3n) is 4.61. The fraction of sp³-hybridized carbons (Fsp3) is 0.174. The van der Waals surface area contributed by atoms with Crippen molar-refractivity contribution in [3.63, 3.8) is 0 Å². The highest BCUT2D eigenvalue weighted by molar-refractivity contribution is 7.99. The van der Waals surface area contributed by atoms with Crippen molar-refractivity contribution in [2.45, 2.75) is 9.79 Å². The zero-order valence-electron chi connectivity index (χ0n) is 17.3. The summed E-state index contributed by atoms with van der Waals surface area (Å²) >= 11 is 1.67. The van der Waals surface area contributed by atoms with Gasteiger partial charge in [-0.05, 0) is 60.7 Å². The molecule has 0 saturated heterocycles. The molecule has 0 aliphatic carbocycles. The highest BCUT2D eigenvalue weighted by Crippen LogP contribution is 2.24. The highest BCUT2D eigenvalue weighted by atomic mass is 32.2. The Hall–Kier alpha value is -2.97. The monoisotopic (exact) mass is 456 g/mol. The summed E-state index contributed by atoms with van der Waals surface area (Å²) in [7, 11) is -0.715. The lowest BCUT2D eigenvalue weighted by atomic mass is 10.2. The minimum absolute atomic E-state index is 0.161. The Kier molecular flexibility index (Phi) is 7.59. The van der Waals surface area contributed by atoms with E-state index in [1.165, 1.54) is 30.6 Å². The largest absolute Gasteiger partial charge is 0.497 e. The molecule has 1 N–H and O–H groups in total. The van der Waals surface area contributed by atoms with Gasteiger partial charge in [-0.1, -0.05) is 18.2 Å². The van der Waals surface area contributed by atoms with Crippen molar-refractivity contribution in [2.24, 2.45) is 0 Å². The van der Waals surface area contributed by atoms with Gasteiger partial charge in [-0.25, -0.2) is 8.42 Å². The number of methoxy groups -OCH3 is 1. The van der Waals surface area contributed by atoms with Crippen LogP contribution in [0.25, 0.3) is 0 Å². The van der Waals surface area contributed by atoms with Crippen LogP contribution in [0.3, 0.4) is 0 Å². The number of amides is 1. The van der Waals surface area contributed by atoms with E-state index in [4.69, 9.17) is 4.74 Å². The van der Waals surface area contributed by atoms with Gasteiger partial charge in [-0.3, -0.25) is 9.10 Å². The maximum absolute atomic E-state index is 12.8. The lowest BCUT2D eigenvalue weighted by Crippen LogP contribution is -2.27. The van der Waals surface area contributed by atoms with Crippen LogP contribution in [-0.4, -0.2) is 40.8 Å². The number of hydrogen-bond acceptors (Lipinski definition) is 5. The van der Waals surface area contributed by atoms with Crippen molar-refractivity contribution in [3.8, 4) is 5.75 Å². The number of carbonyl (C=O) groups excluding carboxylic acids is 1.